The number of anilines is 1. The Morgan fingerprint density at radius 1 is 1.17 bits per heavy atom. The van der Waals surface area contributed by atoms with Crippen LogP contribution in [-0.4, -0.2) is 56.7 Å². The predicted molar refractivity (Wildman–Crippen MR) is 94.0 cm³/mol. The average molecular weight is 351 g/mol. The second-order valence-electron chi connectivity index (χ2n) is 6.71. The van der Waals surface area contributed by atoms with Crippen LogP contribution in [0.3, 0.4) is 0 Å². The molecule has 1 aromatic carbocycles. The standard InChI is InChI=1S/C17H25N3O3S/c1-18(2)24(22,23)19-11-5-9-15(13-19)17(21)20-12-6-8-14-7-3-4-10-16(14)20/h3-4,7,10,15H,5-6,8-9,11-13H2,1-2H3/t15-/m0/s1. The van der Waals surface area contributed by atoms with Crippen LogP contribution in [0.2, 0.25) is 0 Å². The maximum absolute atomic E-state index is 13.0. The first-order chi connectivity index (χ1) is 11.4. The number of amides is 1. The lowest BCUT2D eigenvalue weighted by Gasteiger charge is -2.37. The molecule has 0 bridgehead atoms. The van der Waals surface area contributed by atoms with Gasteiger partial charge in [-0.1, -0.05) is 18.2 Å². The molecular formula is C17H25N3O3S. The van der Waals surface area contributed by atoms with Gasteiger partial charge in [0, 0.05) is 39.4 Å². The number of para-hydroxylation sites is 1. The Morgan fingerprint density at radius 2 is 1.92 bits per heavy atom. The summed E-state index contributed by atoms with van der Waals surface area (Å²) in [4.78, 5) is 14.9. The first-order valence-electron chi connectivity index (χ1n) is 8.48. The Balaban J connectivity index is 1.79. The fraction of sp³-hybridized carbons (Fsp3) is 0.588. The maximum Gasteiger partial charge on any atom is 0.281 e. The Kier molecular flexibility index (Phi) is 4.94. The van der Waals surface area contributed by atoms with Crippen molar-refractivity contribution < 1.29 is 13.2 Å². The van der Waals surface area contributed by atoms with Gasteiger partial charge >= 0.3 is 0 Å². The molecule has 0 aromatic heterocycles. The molecule has 3 rings (SSSR count). The number of nitrogens with zero attached hydrogens (tertiary/aromatic N) is 3. The highest BCUT2D eigenvalue weighted by atomic mass is 32.2. The van der Waals surface area contributed by atoms with Gasteiger partial charge < -0.3 is 4.90 Å². The SMILES string of the molecule is CN(C)S(=O)(=O)N1CCC[C@H](C(=O)N2CCCc3ccccc32)C1. The molecule has 0 saturated carbocycles. The zero-order chi connectivity index (χ0) is 17.3. The molecule has 2 aliphatic rings. The van der Waals surface area contributed by atoms with Crippen molar-refractivity contribution in [2.45, 2.75) is 25.7 Å². The first kappa shape index (κ1) is 17.4. The number of rotatable bonds is 3. The largest absolute Gasteiger partial charge is 0.312 e. The van der Waals surface area contributed by atoms with Crippen molar-refractivity contribution in [3.63, 3.8) is 0 Å². The predicted octanol–water partition coefficient (Wildman–Crippen LogP) is 1.48. The number of aryl methyl sites for hydroxylation is 1. The fourth-order valence-corrected chi connectivity index (χ4v) is 4.76. The molecule has 0 N–H and O–H groups in total. The lowest BCUT2D eigenvalue weighted by atomic mass is 9.95. The number of carbonyl (C=O) groups excluding carboxylic acids is 1. The van der Waals surface area contributed by atoms with Crippen molar-refractivity contribution >= 4 is 21.8 Å². The molecule has 132 valence electrons. The van der Waals surface area contributed by atoms with Crippen LogP contribution in [0.1, 0.15) is 24.8 Å². The topological polar surface area (TPSA) is 60.9 Å². The lowest BCUT2D eigenvalue weighted by Crippen LogP contribution is -2.50. The summed E-state index contributed by atoms with van der Waals surface area (Å²) >= 11 is 0. The van der Waals surface area contributed by atoms with E-state index in [1.165, 1.54) is 28.3 Å². The van der Waals surface area contributed by atoms with E-state index in [9.17, 15) is 13.2 Å². The van der Waals surface area contributed by atoms with Crippen molar-refractivity contribution in [3.8, 4) is 0 Å². The van der Waals surface area contributed by atoms with Crippen molar-refractivity contribution in [1.82, 2.24) is 8.61 Å². The van der Waals surface area contributed by atoms with Crippen molar-refractivity contribution in [2.75, 3.05) is 38.6 Å². The molecule has 7 heteroatoms. The molecule has 1 aromatic rings. The highest BCUT2D eigenvalue weighted by Gasteiger charge is 2.36. The monoisotopic (exact) mass is 351 g/mol. The highest BCUT2D eigenvalue weighted by molar-refractivity contribution is 7.86. The molecule has 24 heavy (non-hydrogen) atoms. The minimum absolute atomic E-state index is 0.0563. The van der Waals surface area contributed by atoms with Crippen molar-refractivity contribution in [3.05, 3.63) is 29.8 Å². The van der Waals surface area contributed by atoms with Crippen molar-refractivity contribution in [2.24, 2.45) is 5.92 Å². The smallest absolute Gasteiger partial charge is 0.281 e. The van der Waals surface area contributed by atoms with Gasteiger partial charge in [-0.05, 0) is 37.3 Å². The van der Waals surface area contributed by atoms with E-state index in [1.54, 1.807) is 0 Å². The Labute approximate surface area is 144 Å². The molecule has 0 radical (unpaired) electrons. The lowest BCUT2D eigenvalue weighted by molar-refractivity contribution is -0.123. The normalized spacial score (nSPS) is 22.5. The van der Waals surface area contributed by atoms with E-state index in [0.717, 1.165) is 31.4 Å². The van der Waals surface area contributed by atoms with E-state index in [-0.39, 0.29) is 18.4 Å². The molecule has 1 amide bonds. The summed E-state index contributed by atoms with van der Waals surface area (Å²) in [7, 11) is -0.403. The van der Waals surface area contributed by atoms with Gasteiger partial charge in [-0.2, -0.15) is 17.0 Å². The van der Waals surface area contributed by atoms with Gasteiger partial charge in [0.2, 0.25) is 5.91 Å². The zero-order valence-electron chi connectivity index (χ0n) is 14.3. The number of hydrogen-bond acceptors (Lipinski definition) is 3. The minimum Gasteiger partial charge on any atom is -0.312 e. The number of hydrogen-bond donors (Lipinski definition) is 0. The Hall–Kier alpha value is -1.44. The number of benzene rings is 1. The van der Waals surface area contributed by atoms with Crippen LogP contribution in [0.4, 0.5) is 5.69 Å². The minimum atomic E-state index is -3.46. The van der Waals surface area contributed by atoms with Crippen LogP contribution in [-0.2, 0) is 21.4 Å². The summed E-state index contributed by atoms with van der Waals surface area (Å²) in [6.07, 6.45) is 3.41. The van der Waals surface area contributed by atoms with Crippen LogP contribution < -0.4 is 4.90 Å². The van der Waals surface area contributed by atoms with Crippen LogP contribution in [0.15, 0.2) is 24.3 Å². The summed E-state index contributed by atoms with van der Waals surface area (Å²) in [5, 5.41) is 0. The van der Waals surface area contributed by atoms with Gasteiger partial charge in [0.1, 0.15) is 0 Å². The van der Waals surface area contributed by atoms with Gasteiger partial charge in [-0.25, -0.2) is 0 Å². The first-order valence-corrected chi connectivity index (χ1v) is 9.88. The average Bonchev–Trinajstić information content (AvgIpc) is 2.60. The summed E-state index contributed by atoms with van der Waals surface area (Å²) < 4.78 is 27.4. The summed E-state index contributed by atoms with van der Waals surface area (Å²) in [5.74, 6) is -0.208. The van der Waals surface area contributed by atoms with Gasteiger partial charge in [-0.15, -0.1) is 0 Å². The Bertz CT molecular complexity index is 718. The van der Waals surface area contributed by atoms with E-state index in [0.29, 0.717) is 13.1 Å². The second kappa shape index (κ2) is 6.82. The zero-order valence-corrected chi connectivity index (χ0v) is 15.1. The van der Waals surface area contributed by atoms with Gasteiger partial charge in [0.25, 0.3) is 10.2 Å². The second-order valence-corrected chi connectivity index (χ2v) is 8.85. The van der Waals surface area contributed by atoms with Crippen LogP contribution in [0.25, 0.3) is 0 Å². The van der Waals surface area contributed by atoms with E-state index in [4.69, 9.17) is 0 Å². The molecule has 0 aliphatic carbocycles. The molecule has 2 heterocycles. The maximum atomic E-state index is 13.0. The summed E-state index contributed by atoms with van der Waals surface area (Å²) in [5.41, 5.74) is 2.19. The quantitative estimate of drug-likeness (QED) is 0.829. The third-order valence-corrected chi connectivity index (χ3v) is 6.80. The van der Waals surface area contributed by atoms with E-state index < -0.39 is 10.2 Å². The number of carbonyl (C=O) groups is 1. The molecular weight excluding hydrogens is 326 g/mol. The molecule has 1 saturated heterocycles. The van der Waals surface area contributed by atoms with Crippen LogP contribution in [0.5, 0.6) is 0 Å². The van der Waals surface area contributed by atoms with Crippen LogP contribution in [0, 0.1) is 5.92 Å². The van der Waals surface area contributed by atoms with Crippen molar-refractivity contribution in [1.29, 1.82) is 0 Å². The van der Waals surface area contributed by atoms with Crippen LogP contribution >= 0.6 is 0 Å². The molecule has 6 nitrogen and oxygen atoms in total. The van der Waals surface area contributed by atoms with Gasteiger partial charge in [0.05, 0.1) is 5.92 Å². The molecule has 0 unspecified atom stereocenters. The van der Waals surface area contributed by atoms with E-state index in [1.807, 2.05) is 23.1 Å². The fourth-order valence-electron chi connectivity index (χ4n) is 3.57. The molecule has 2 aliphatic heterocycles. The molecule has 1 atom stereocenters. The van der Waals surface area contributed by atoms with Gasteiger partial charge in [-0.3, -0.25) is 4.79 Å². The molecule has 1 fully saturated rings. The highest BCUT2D eigenvalue weighted by Crippen LogP contribution is 2.30. The number of fused-ring (bicyclic) bond motifs is 1. The molecule has 0 spiro atoms. The summed E-state index contributed by atoms with van der Waals surface area (Å²) in [6.45, 7) is 1.48. The third-order valence-electron chi connectivity index (χ3n) is 4.90. The third kappa shape index (κ3) is 3.20. The Morgan fingerprint density at radius 3 is 2.67 bits per heavy atom. The van der Waals surface area contributed by atoms with E-state index in [2.05, 4.69) is 6.07 Å². The number of piperidine rings is 1. The van der Waals surface area contributed by atoms with Gasteiger partial charge in [0.15, 0.2) is 0 Å². The summed E-state index contributed by atoms with van der Waals surface area (Å²) in [6, 6.07) is 8.01. The van der Waals surface area contributed by atoms with E-state index >= 15 is 0 Å².